The zero-order chi connectivity index (χ0) is 10.6. The molecule has 84 valence electrons. The first-order chi connectivity index (χ1) is 6.59. The van der Waals surface area contributed by atoms with Gasteiger partial charge in [-0.25, -0.2) is 0 Å². The molecule has 1 aliphatic rings. The van der Waals surface area contributed by atoms with Gasteiger partial charge >= 0.3 is 0 Å². The smallest absolute Gasteiger partial charge is 0.0839 e. The molecule has 1 heterocycles. The molecule has 1 unspecified atom stereocenters. The molecule has 0 radical (unpaired) electrons. The summed E-state index contributed by atoms with van der Waals surface area (Å²) >= 11 is 0. The summed E-state index contributed by atoms with van der Waals surface area (Å²) < 4.78 is 0. The number of likely N-dealkylation sites (tertiary alicyclic amines) is 1. The van der Waals surface area contributed by atoms with Crippen molar-refractivity contribution in [3.63, 3.8) is 0 Å². The maximum atomic E-state index is 10.7. The van der Waals surface area contributed by atoms with Gasteiger partial charge in [0.1, 0.15) is 0 Å². The van der Waals surface area contributed by atoms with Crippen LogP contribution in [0.4, 0.5) is 0 Å². The first kappa shape index (κ1) is 11.9. The fourth-order valence-electron chi connectivity index (χ4n) is 1.96. The highest BCUT2D eigenvalue weighted by atomic mass is 16.5. The molecule has 4 heteroatoms. The fraction of sp³-hybridized carbons (Fsp3) is 1.00. The van der Waals surface area contributed by atoms with Gasteiger partial charge in [0.05, 0.1) is 7.05 Å². The molecule has 1 atom stereocenters. The van der Waals surface area contributed by atoms with Crippen molar-refractivity contribution in [2.24, 2.45) is 5.92 Å². The molecule has 4 nitrogen and oxygen atoms in total. The van der Waals surface area contributed by atoms with Gasteiger partial charge < -0.3 is 10.1 Å². The second-order valence-corrected chi connectivity index (χ2v) is 4.51. The number of piperidine rings is 1. The molecule has 0 aromatic rings. The third-order valence-electron chi connectivity index (χ3n) is 3.02. The quantitative estimate of drug-likeness (QED) is 0.610. The van der Waals surface area contributed by atoms with Crippen LogP contribution in [0.5, 0.6) is 0 Å². The number of hydrogen-bond donors (Lipinski definition) is 2. The van der Waals surface area contributed by atoms with Crippen molar-refractivity contribution in [3.8, 4) is 0 Å². The Bertz CT molecular complexity index is 153. The minimum absolute atomic E-state index is 0.0938. The van der Waals surface area contributed by atoms with Gasteiger partial charge in [-0.3, -0.25) is 5.17 Å². The Labute approximate surface area is 86.8 Å². The van der Waals surface area contributed by atoms with Crippen LogP contribution in [0.25, 0.3) is 0 Å². The molecular weight excluding hydrogens is 178 g/mol. The summed E-state index contributed by atoms with van der Waals surface area (Å²) in [7, 11) is 1.59. The molecule has 0 spiro atoms. The van der Waals surface area contributed by atoms with Crippen molar-refractivity contribution in [3.05, 3.63) is 5.21 Å². The molecule has 0 bridgehead atoms. The van der Waals surface area contributed by atoms with Crippen LogP contribution in [-0.4, -0.2) is 37.6 Å². The molecule has 14 heavy (non-hydrogen) atoms. The van der Waals surface area contributed by atoms with E-state index in [0.29, 0.717) is 12.0 Å². The van der Waals surface area contributed by atoms with Gasteiger partial charge in [-0.2, -0.15) is 5.43 Å². The van der Waals surface area contributed by atoms with Crippen LogP contribution < -0.4 is 10.6 Å². The molecular formula is C10H23N3O. The molecule has 1 rings (SSSR count). The predicted octanol–water partition coefficient (Wildman–Crippen LogP) is -0.376. The molecule has 0 amide bonds. The zero-order valence-corrected chi connectivity index (χ0v) is 9.55. The maximum absolute atomic E-state index is 10.7. The second kappa shape index (κ2) is 5.66. The van der Waals surface area contributed by atoms with Crippen molar-refractivity contribution < 1.29 is 5.17 Å². The summed E-state index contributed by atoms with van der Waals surface area (Å²) in [6, 6.07) is 0.664. The van der Waals surface area contributed by atoms with E-state index in [9.17, 15) is 5.21 Å². The topological polar surface area (TPSA) is 42.8 Å². The lowest BCUT2D eigenvalue weighted by molar-refractivity contribution is -0.876. The summed E-state index contributed by atoms with van der Waals surface area (Å²) in [5.41, 5.74) is 2.90. The van der Waals surface area contributed by atoms with Crippen LogP contribution >= 0.6 is 0 Å². The van der Waals surface area contributed by atoms with Crippen molar-refractivity contribution in [1.82, 2.24) is 10.3 Å². The normalized spacial score (nSPS) is 22.9. The van der Waals surface area contributed by atoms with E-state index in [-0.39, 0.29) is 5.17 Å². The molecule has 1 saturated heterocycles. The van der Waals surface area contributed by atoms with Crippen LogP contribution in [0.1, 0.15) is 26.7 Å². The third kappa shape index (κ3) is 3.92. The van der Waals surface area contributed by atoms with Gasteiger partial charge in [0, 0.05) is 12.6 Å². The summed E-state index contributed by atoms with van der Waals surface area (Å²) in [4.78, 5) is 2.50. The van der Waals surface area contributed by atoms with E-state index in [1.807, 2.05) is 0 Å². The van der Waals surface area contributed by atoms with Crippen LogP contribution in [0.3, 0.4) is 0 Å². The van der Waals surface area contributed by atoms with Crippen LogP contribution in [0.15, 0.2) is 0 Å². The molecule has 0 aromatic heterocycles. The average molecular weight is 201 g/mol. The number of hydrogen-bond acceptors (Lipinski definition) is 3. The molecule has 0 aromatic carbocycles. The van der Waals surface area contributed by atoms with E-state index in [2.05, 4.69) is 24.2 Å². The van der Waals surface area contributed by atoms with Crippen LogP contribution in [0, 0.1) is 11.1 Å². The van der Waals surface area contributed by atoms with E-state index in [1.54, 1.807) is 7.05 Å². The minimum Gasteiger partial charge on any atom is -0.613 e. The summed E-state index contributed by atoms with van der Waals surface area (Å²) in [5, 5.41) is 10.8. The van der Waals surface area contributed by atoms with Gasteiger partial charge in [0.2, 0.25) is 0 Å². The first-order valence-electron chi connectivity index (χ1n) is 5.58. The van der Waals surface area contributed by atoms with Crippen LogP contribution in [0.2, 0.25) is 0 Å². The zero-order valence-electron chi connectivity index (χ0n) is 9.55. The van der Waals surface area contributed by atoms with E-state index < -0.39 is 0 Å². The Balaban J connectivity index is 2.16. The number of rotatable bonds is 4. The van der Waals surface area contributed by atoms with Crippen molar-refractivity contribution >= 4 is 0 Å². The number of nitrogens with one attached hydrogen (secondary N) is 2. The third-order valence-corrected chi connectivity index (χ3v) is 3.02. The van der Waals surface area contributed by atoms with Gasteiger partial charge in [-0.1, -0.05) is 0 Å². The van der Waals surface area contributed by atoms with Crippen molar-refractivity contribution in [1.29, 1.82) is 0 Å². The lowest BCUT2D eigenvalue weighted by Crippen LogP contribution is -3.11. The molecule has 1 aliphatic heterocycles. The van der Waals surface area contributed by atoms with Gasteiger partial charge in [0.15, 0.2) is 0 Å². The number of hydroxylamine groups is 1. The molecule has 1 fully saturated rings. The standard InChI is InChI=1S/C10H23N3O/c1-9(2)13-6-4-10(5-7-13)8-11-12(3)14/h9-12H,4-8H2,1-3H3. The summed E-state index contributed by atoms with van der Waals surface area (Å²) in [6.07, 6.45) is 2.44. The fourth-order valence-corrected chi connectivity index (χ4v) is 1.96. The largest absolute Gasteiger partial charge is 0.613 e. The molecule has 0 aliphatic carbocycles. The minimum atomic E-state index is 0.0938. The Morgan fingerprint density at radius 3 is 2.43 bits per heavy atom. The average Bonchev–Trinajstić information content (AvgIpc) is 2.15. The Hall–Kier alpha value is -0.160. The van der Waals surface area contributed by atoms with Gasteiger partial charge in [-0.05, 0) is 45.7 Å². The Kier molecular flexibility index (Phi) is 4.81. The van der Waals surface area contributed by atoms with Gasteiger partial charge in [0.25, 0.3) is 0 Å². The lowest BCUT2D eigenvalue weighted by Gasteiger charge is -2.35. The molecule has 2 N–H and O–H groups in total. The summed E-state index contributed by atoms with van der Waals surface area (Å²) in [5.74, 6) is 0.689. The van der Waals surface area contributed by atoms with E-state index in [1.165, 1.54) is 25.9 Å². The highest BCUT2D eigenvalue weighted by Gasteiger charge is 2.20. The van der Waals surface area contributed by atoms with E-state index in [4.69, 9.17) is 0 Å². The van der Waals surface area contributed by atoms with Crippen molar-refractivity contribution in [2.75, 3.05) is 26.7 Å². The summed E-state index contributed by atoms with van der Waals surface area (Å²) in [6.45, 7) is 7.72. The number of quaternary nitrogens is 1. The van der Waals surface area contributed by atoms with Gasteiger partial charge in [-0.15, -0.1) is 0 Å². The number of nitrogens with zero attached hydrogens (tertiary/aromatic N) is 1. The Morgan fingerprint density at radius 1 is 1.43 bits per heavy atom. The van der Waals surface area contributed by atoms with E-state index >= 15 is 0 Å². The second-order valence-electron chi connectivity index (χ2n) is 4.51. The first-order valence-corrected chi connectivity index (χ1v) is 5.58. The SMILES string of the molecule is CC(C)N1CCC(CN[NH+](C)[O-])CC1. The highest BCUT2D eigenvalue weighted by Crippen LogP contribution is 2.17. The van der Waals surface area contributed by atoms with Crippen LogP contribution in [-0.2, 0) is 0 Å². The Morgan fingerprint density at radius 2 is 2.00 bits per heavy atom. The van der Waals surface area contributed by atoms with E-state index in [0.717, 1.165) is 6.54 Å². The monoisotopic (exact) mass is 201 g/mol. The lowest BCUT2D eigenvalue weighted by atomic mass is 9.96. The van der Waals surface area contributed by atoms with Crippen molar-refractivity contribution in [2.45, 2.75) is 32.7 Å². The predicted molar refractivity (Wildman–Crippen MR) is 57.7 cm³/mol. The molecule has 0 saturated carbocycles. The highest BCUT2D eigenvalue weighted by molar-refractivity contribution is 4.74. The maximum Gasteiger partial charge on any atom is 0.0839 e.